The van der Waals surface area contributed by atoms with Gasteiger partial charge in [0.2, 0.25) is 5.95 Å². The molecule has 6 heteroatoms. The smallest absolute Gasteiger partial charge is 0.271 e. The van der Waals surface area contributed by atoms with Gasteiger partial charge in [-0.3, -0.25) is 9.78 Å². The van der Waals surface area contributed by atoms with Crippen molar-refractivity contribution >= 4 is 16.9 Å². The van der Waals surface area contributed by atoms with E-state index in [0.29, 0.717) is 12.5 Å². The molecular weight excluding hydrogens is 242 g/mol. The summed E-state index contributed by atoms with van der Waals surface area (Å²) in [6.07, 6.45) is 3.99. The second kappa shape index (κ2) is 4.93. The first-order valence-corrected chi connectivity index (χ1v) is 6.04. The van der Waals surface area contributed by atoms with E-state index in [2.05, 4.69) is 31.5 Å². The average molecular weight is 255 g/mol. The van der Waals surface area contributed by atoms with Crippen molar-refractivity contribution < 1.29 is 0 Å². The summed E-state index contributed by atoms with van der Waals surface area (Å²) in [5.74, 6) is 0.396. The number of hydrogen-bond acceptors (Lipinski definition) is 4. The molecule has 19 heavy (non-hydrogen) atoms. The maximum atomic E-state index is 11.1. The average Bonchev–Trinajstić information content (AvgIpc) is 2.83. The number of aromatic amines is 2. The molecule has 0 atom stereocenters. The van der Waals surface area contributed by atoms with Gasteiger partial charge in [0.05, 0.1) is 0 Å². The van der Waals surface area contributed by atoms with Crippen molar-refractivity contribution in [2.45, 2.75) is 6.42 Å². The predicted molar refractivity (Wildman–Crippen MR) is 73.1 cm³/mol. The van der Waals surface area contributed by atoms with E-state index in [9.17, 15) is 4.79 Å². The summed E-state index contributed by atoms with van der Waals surface area (Å²) in [6, 6.07) is 8.16. The summed E-state index contributed by atoms with van der Waals surface area (Å²) < 4.78 is 0. The number of para-hydroxylation sites is 1. The number of rotatable bonds is 4. The van der Waals surface area contributed by atoms with Crippen LogP contribution in [0.25, 0.3) is 10.9 Å². The minimum absolute atomic E-state index is 0.260. The Hall–Kier alpha value is -2.63. The van der Waals surface area contributed by atoms with Crippen LogP contribution in [0.5, 0.6) is 0 Å². The molecule has 96 valence electrons. The number of benzene rings is 1. The fourth-order valence-electron chi connectivity index (χ4n) is 2.05. The second-order valence-electron chi connectivity index (χ2n) is 4.22. The minimum atomic E-state index is -0.260. The molecule has 0 aliphatic rings. The molecule has 0 spiro atoms. The van der Waals surface area contributed by atoms with Gasteiger partial charge in [0, 0.05) is 23.6 Å². The lowest BCUT2D eigenvalue weighted by atomic mass is 10.1. The molecule has 0 radical (unpaired) electrons. The van der Waals surface area contributed by atoms with Crippen LogP contribution in [-0.2, 0) is 6.42 Å². The van der Waals surface area contributed by atoms with E-state index in [-0.39, 0.29) is 5.56 Å². The fourth-order valence-corrected chi connectivity index (χ4v) is 2.05. The van der Waals surface area contributed by atoms with Gasteiger partial charge >= 0.3 is 0 Å². The van der Waals surface area contributed by atoms with Crippen LogP contribution in [0.3, 0.4) is 0 Å². The van der Waals surface area contributed by atoms with Gasteiger partial charge in [0.1, 0.15) is 6.20 Å². The van der Waals surface area contributed by atoms with Gasteiger partial charge in [-0.2, -0.15) is 0 Å². The van der Waals surface area contributed by atoms with Crippen molar-refractivity contribution in [3.05, 3.63) is 52.6 Å². The van der Waals surface area contributed by atoms with Crippen LogP contribution in [-0.4, -0.2) is 26.7 Å². The maximum Gasteiger partial charge on any atom is 0.271 e. The first-order chi connectivity index (χ1) is 9.33. The van der Waals surface area contributed by atoms with Crippen molar-refractivity contribution in [3.63, 3.8) is 0 Å². The predicted octanol–water partition coefficient (Wildman–Crippen LogP) is 1.30. The highest BCUT2D eigenvalue weighted by molar-refractivity contribution is 5.83. The molecule has 0 fully saturated rings. The zero-order valence-electron chi connectivity index (χ0n) is 10.2. The van der Waals surface area contributed by atoms with E-state index in [1.54, 1.807) is 0 Å². The van der Waals surface area contributed by atoms with E-state index in [0.717, 1.165) is 18.1 Å². The number of hydrogen-bond donors (Lipinski definition) is 3. The molecule has 0 saturated carbocycles. The second-order valence-corrected chi connectivity index (χ2v) is 4.22. The Morgan fingerprint density at radius 1 is 1.26 bits per heavy atom. The number of aromatic nitrogens is 4. The van der Waals surface area contributed by atoms with Crippen LogP contribution in [0.15, 0.2) is 41.5 Å². The Morgan fingerprint density at radius 3 is 3.05 bits per heavy atom. The summed E-state index contributed by atoms with van der Waals surface area (Å²) in [4.78, 5) is 16.9. The molecule has 3 aromatic rings. The molecule has 2 heterocycles. The molecule has 2 aromatic heterocycles. The standard InChI is InChI=1S/C13H13N5O/c19-12-8-16-18-13(17-12)14-6-5-9-7-15-11-4-2-1-3-10(9)11/h1-4,7-8,15H,5-6H2,(H2,14,17,18,19). The van der Waals surface area contributed by atoms with Crippen LogP contribution >= 0.6 is 0 Å². The van der Waals surface area contributed by atoms with Gasteiger partial charge < -0.3 is 10.3 Å². The Morgan fingerprint density at radius 2 is 2.16 bits per heavy atom. The third kappa shape index (κ3) is 2.47. The fraction of sp³-hybridized carbons (Fsp3) is 0.154. The SMILES string of the molecule is O=c1cnnc(NCCc2c[nH]c3ccccc23)[nH]1. The van der Waals surface area contributed by atoms with Crippen LogP contribution in [0.1, 0.15) is 5.56 Å². The first kappa shape index (κ1) is 11.5. The highest BCUT2D eigenvalue weighted by Gasteiger charge is 2.02. The number of nitrogens with zero attached hydrogens (tertiary/aromatic N) is 2. The van der Waals surface area contributed by atoms with Gasteiger partial charge in [0.25, 0.3) is 5.56 Å². The summed E-state index contributed by atoms with van der Waals surface area (Å²) in [6.45, 7) is 0.677. The lowest BCUT2D eigenvalue weighted by molar-refractivity contribution is 0.912. The number of fused-ring (bicyclic) bond motifs is 1. The molecule has 1 aromatic carbocycles. The van der Waals surface area contributed by atoms with Crippen molar-refractivity contribution in [1.29, 1.82) is 0 Å². The molecule has 0 amide bonds. The van der Waals surface area contributed by atoms with Crippen molar-refractivity contribution in [3.8, 4) is 0 Å². The summed E-state index contributed by atoms with van der Waals surface area (Å²) in [5, 5.41) is 11.6. The van der Waals surface area contributed by atoms with E-state index in [1.165, 1.54) is 10.9 Å². The van der Waals surface area contributed by atoms with E-state index < -0.39 is 0 Å². The third-order valence-corrected chi connectivity index (χ3v) is 2.94. The Balaban J connectivity index is 1.68. The minimum Gasteiger partial charge on any atom is -0.361 e. The zero-order valence-corrected chi connectivity index (χ0v) is 10.2. The molecule has 0 aliphatic heterocycles. The Kier molecular flexibility index (Phi) is 2.97. The molecular formula is C13H13N5O. The molecule has 0 aliphatic carbocycles. The van der Waals surface area contributed by atoms with Crippen LogP contribution < -0.4 is 10.9 Å². The summed E-state index contributed by atoms with van der Waals surface area (Å²) >= 11 is 0. The van der Waals surface area contributed by atoms with Crippen LogP contribution in [0, 0.1) is 0 Å². The normalized spacial score (nSPS) is 10.7. The van der Waals surface area contributed by atoms with Crippen molar-refractivity contribution in [1.82, 2.24) is 20.2 Å². The third-order valence-electron chi connectivity index (χ3n) is 2.94. The highest BCUT2D eigenvalue weighted by Crippen LogP contribution is 2.17. The Labute approximate surface area is 108 Å². The number of anilines is 1. The molecule has 6 nitrogen and oxygen atoms in total. The number of H-pyrrole nitrogens is 2. The lowest BCUT2D eigenvalue weighted by Gasteiger charge is -2.03. The van der Waals surface area contributed by atoms with Gasteiger partial charge in [-0.05, 0) is 18.1 Å². The molecule has 3 rings (SSSR count). The largest absolute Gasteiger partial charge is 0.361 e. The molecule has 3 N–H and O–H groups in total. The lowest BCUT2D eigenvalue weighted by Crippen LogP contribution is -2.14. The monoisotopic (exact) mass is 255 g/mol. The van der Waals surface area contributed by atoms with Crippen molar-refractivity contribution in [2.75, 3.05) is 11.9 Å². The van der Waals surface area contributed by atoms with E-state index >= 15 is 0 Å². The maximum absolute atomic E-state index is 11.1. The topological polar surface area (TPSA) is 86.5 Å². The van der Waals surface area contributed by atoms with E-state index in [1.807, 2.05) is 24.4 Å². The summed E-state index contributed by atoms with van der Waals surface area (Å²) in [5.41, 5.74) is 2.10. The highest BCUT2D eigenvalue weighted by atomic mass is 16.1. The van der Waals surface area contributed by atoms with Crippen molar-refractivity contribution in [2.24, 2.45) is 0 Å². The first-order valence-electron chi connectivity index (χ1n) is 6.04. The molecule has 0 unspecified atom stereocenters. The van der Waals surface area contributed by atoms with Gasteiger partial charge in [0.15, 0.2) is 0 Å². The Bertz CT molecular complexity index is 746. The molecule has 0 saturated heterocycles. The molecule has 0 bridgehead atoms. The van der Waals surface area contributed by atoms with Gasteiger partial charge in [-0.15, -0.1) is 10.2 Å². The number of nitrogens with one attached hydrogen (secondary N) is 3. The quantitative estimate of drug-likeness (QED) is 0.656. The van der Waals surface area contributed by atoms with Crippen LogP contribution in [0.4, 0.5) is 5.95 Å². The zero-order chi connectivity index (χ0) is 13.1. The summed E-state index contributed by atoms with van der Waals surface area (Å²) in [7, 11) is 0. The van der Waals surface area contributed by atoms with Gasteiger partial charge in [-0.1, -0.05) is 18.2 Å². The van der Waals surface area contributed by atoms with Gasteiger partial charge in [-0.25, -0.2) is 0 Å². The van der Waals surface area contributed by atoms with Crippen LogP contribution in [0.2, 0.25) is 0 Å². The van der Waals surface area contributed by atoms with E-state index in [4.69, 9.17) is 0 Å².